The zero-order valence-electron chi connectivity index (χ0n) is 12.5. The number of amides is 2. The zero-order chi connectivity index (χ0) is 15.2. The first-order chi connectivity index (χ1) is 10.1. The number of nitrogens with zero attached hydrogens (tertiary/aromatic N) is 1. The summed E-state index contributed by atoms with van der Waals surface area (Å²) in [6.45, 7) is 3.56. The molecule has 1 aliphatic rings. The summed E-state index contributed by atoms with van der Waals surface area (Å²) in [7, 11) is 0. The fourth-order valence-electron chi connectivity index (χ4n) is 2.67. The van der Waals surface area contributed by atoms with Crippen LogP contribution in [0.5, 0.6) is 0 Å². The van der Waals surface area contributed by atoms with Crippen molar-refractivity contribution in [1.82, 2.24) is 10.2 Å². The Morgan fingerprint density at radius 2 is 2.05 bits per heavy atom. The number of nitrogens with one attached hydrogen (secondary N) is 1. The van der Waals surface area contributed by atoms with Crippen LogP contribution in [-0.2, 0) is 22.6 Å². The van der Waals surface area contributed by atoms with Crippen molar-refractivity contribution in [3.63, 3.8) is 0 Å². The summed E-state index contributed by atoms with van der Waals surface area (Å²) in [4.78, 5) is 25.5. The summed E-state index contributed by atoms with van der Waals surface area (Å²) in [5, 5.41) is 2.88. The number of rotatable bonds is 6. The summed E-state index contributed by atoms with van der Waals surface area (Å²) in [5.41, 5.74) is 7.81. The summed E-state index contributed by atoms with van der Waals surface area (Å²) in [6.07, 6.45) is 2.59. The van der Waals surface area contributed by atoms with E-state index in [1.807, 2.05) is 29.2 Å². The second-order valence-corrected chi connectivity index (χ2v) is 5.50. The van der Waals surface area contributed by atoms with Gasteiger partial charge in [-0.05, 0) is 24.0 Å². The van der Waals surface area contributed by atoms with Crippen molar-refractivity contribution < 1.29 is 9.59 Å². The monoisotopic (exact) mass is 289 g/mol. The van der Waals surface area contributed by atoms with E-state index in [-0.39, 0.29) is 18.4 Å². The number of unbranched alkanes of at least 4 members (excludes halogenated alkanes) is 1. The molecule has 0 fully saturated rings. The van der Waals surface area contributed by atoms with Crippen LogP contribution in [0.4, 0.5) is 0 Å². The summed E-state index contributed by atoms with van der Waals surface area (Å²) < 4.78 is 0. The van der Waals surface area contributed by atoms with Crippen molar-refractivity contribution in [2.24, 2.45) is 5.73 Å². The van der Waals surface area contributed by atoms with Crippen LogP contribution < -0.4 is 11.1 Å². The molecular formula is C16H23N3O2. The van der Waals surface area contributed by atoms with Crippen molar-refractivity contribution in [2.75, 3.05) is 13.1 Å². The normalized spacial score (nSPS) is 18.0. The van der Waals surface area contributed by atoms with Gasteiger partial charge in [0.05, 0.1) is 12.6 Å². The van der Waals surface area contributed by atoms with Crippen LogP contribution in [0, 0.1) is 0 Å². The lowest BCUT2D eigenvalue weighted by atomic mass is 9.93. The zero-order valence-corrected chi connectivity index (χ0v) is 12.5. The maximum atomic E-state index is 12.0. The van der Waals surface area contributed by atoms with Gasteiger partial charge in [-0.1, -0.05) is 37.6 Å². The highest BCUT2D eigenvalue weighted by Crippen LogP contribution is 2.22. The predicted molar refractivity (Wildman–Crippen MR) is 81.5 cm³/mol. The number of nitrogens with two attached hydrogens (primary N) is 1. The molecule has 1 aliphatic heterocycles. The molecule has 1 aromatic carbocycles. The van der Waals surface area contributed by atoms with E-state index in [2.05, 4.69) is 12.2 Å². The van der Waals surface area contributed by atoms with Gasteiger partial charge >= 0.3 is 0 Å². The van der Waals surface area contributed by atoms with E-state index in [4.69, 9.17) is 5.73 Å². The van der Waals surface area contributed by atoms with Crippen LogP contribution in [0.25, 0.3) is 0 Å². The summed E-state index contributed by atoms with van der Waals surface area (Å²) in [6, 6.07) is 7.59. The summed E-state index contributed by atoms with van der Waals surface area (Å²) >= 11 is 0. The molecule has 1 atom stereocenters. The number of primary amides is 1. The third kappa shape index (κ3) is 4.04. The van der Waals surface area contributed by atoms with Crippen LogP contribution in [-0.4, -0.2) is 35.8 Å². The molecular weight excluding hydrogens is 266 g/mol. The Morgan fingerprint density at radius 3 is 2.71 bits per heavy atom. The average Bonchev–Trinajstić information content (AvgIpc) is 2.46. The number of carbonyl (C=O) groups excluding carboxylic acids is 2. The Bertz CT molecular complexity index is 516. The average molecular weight is 289 g/mol. The van der Waals surface area contributed by atoms with Crippen LogP contribution >= 0.6 is 0 Å². The Kier molecular flexibility index (Phi) is 5.33. The van der Waals surface area contributed by atoms with Crippen LogP contribution in [0.3, 0.4) is 0 Å². The van der Waals surface area contributed by atoms with E-state index >= 15 is 0 Å². The first kappa shape index (κ1) is 15.5. The lowest BCUT2D eigenvalue weighted by molar-refractivity contribution is -0.127. The van der Waals surface area contributed by atoms with Gasteiger partial charge in [0.2, 0.25) is 11.8 Å². The van der Waals surface area contributed by atoms with Gasteiger partial charge in [-0.3, -0.25) is 14.5 Å². The van der Waals surface area contributed by atoms with Crippen molar-refractivity contribution in [3.8, 4) is 0 Å². The molecule has 0 spiro atoms. The van der Waals surface area contributed by atoms with Crippen LogP contribution in [0.15, 0.2) is 24.3 Å². The molecule has 0 bridgehead atoms. The van der Waals surface area contributed by atoms with E-state index in [1.54, 1.807) is 0 Å². The Hall–Kier alpha value is -1.88. The van der Waals surface area contributed by atoms with Crippen molar-refractivity contribution >= 4 is 11.8 Å². The number of benzene rings is 1. The minimum Gasteiger partial charge on any atom is -0.368 e. The van der Waals surface area contributed by atoms with Crippen molar-refractivity contribution in [3.05, 3.63) is 35.4 Å². The largest absolute Gasteiger partial charge is 0.368 e. The van der Waals surface area contributed by atoms with Crippen LogP contribution in [0.1, 0.15) is 30.9 Å². The second-order valence-electron chi connectivity index (χ2n) is 5.50. The SMILES string of the molecule is CCCCNC(=O)CN1Cc2ccccc2C[C@H]1C(N)=O. The Balaban J connectivity index is 2.03. The molecule has 0 saturated carbocycles. The molecule has 0 radical (unpaired) electrons. The Labute approximate surface area is 125 Å². The van der Waals surface area contributed by atoms with E-state index < -0.39 is 6.04 Å². The fourth-order valence-corrected chi connectivity index (χ4v) is 2.67. The summed E-state index contributed by atoms with van der Waals surface area (Å²) in [5.74, 6) is -0.417. The standard InChI is InChI=1S/C16H23N3O2/c1-2-3-8-18-15(20)11-19-10-13-7-5-4-6-12(13)9-14(19)16(17)21/h4-7,14H,2-3,8-11H2,1H3,(H2,17,21)(H,18,20)/t14-/m0/s1. The van der Waals surface area contributed by atoms with Gasteiger partial charge in [0.15, 0.2) is 0 Å². The highest BCUT2D eigenvalue weighted by atomic mass is 16.2. The van der Waals surface area contributed by atoms with Gasteiger partial charge in [0.25, 0.3) is 0 Å². The van der Waals surface area contributed by atoms with Gasteiger partial charge in [0, 0.05) is 13.1 Å². The third-order valence-corrected chi connectivity index (χ3v) is 3.87. The number of hydrogen-bond acceptors (Lipinski definition) is 3. The molecule has 2 amide bonds. The second kappa shape index (κ2) is 7.22. The molecule has 0 saturated heterocycles. The molecule has 0 unspecified atom stereocenters. The Morgan fingerprint density at radius 1 is 1.33 bits per heavy atom. The molecule has 3 N–H and O–H groups in total. The lowest BCUT2D eigenvalue weighted by Crippen LogP contribution is -2.51. The van der Waals surface area contributed by atoms with Gasteiger partial charge in [-0.25, -0.2) is 0 Å². The molecule has 2 rings (SSSR count). The van der Waals surface area contributed by atoms with Gasteiger partial charge in [0.1, 0.15) is 0 Å². The molecule has 21 heavy (non-hydrogen) atoms. The first-order valence-corrected chi connectivity index (χ1v) is 7.48. The van der Waals surface area contributed by atoms with Crippen molar-refractivity contribution in [1.29, 1.82) is 0 Å². The van der Waals surface area contributed by atoms with E-state index in [0.717, 1.165) is 24.0 Å². The predicted octanol–water partition coefficient (Wildman–Crippen LogP) is 0.815. The maximum absolute atomic E-state index is 12.0. The van der Waals surface area contributed by atoms with Gasteiger partial charge in [-0.2, -0.15) is 0 Å². The molecule has 5 heteroatoms. The van der Waals surface area contributed by atoms with Crippen molar-refractivity contribution in [2.45, 2.75) is 38.8 Å². The molecule has 0 aromatic heterocycles. The maximum Gasteiger partial charge on any atom is 0.235 e. The van der Waals surface area contributed by atoms with E-state index in [1.165, 1.54) is 0 Å². The lowest BCUT2D eigenvalue weighted by Gasteiger charge is -2.34. The highest BCUT2D eigenvalue weighted by molar-refractivity contribution is 5.83. The minimum atomic E-state index is -0.406. The number of hydrogen-bond donors (Lipinski definition) is 2. The molecule has 1 aromatic rings. The molecule has 5 nitrogen and oxygen atoms in total. The third-order valence-electron chi connectivity index (χ3n) is 3.87. The molecule has 1 heterocycles. The minimum absolute atomic E-state index is 0.0471. The highest BCUT2D eigenvalue weighted by Gasteiger charge is 2.30. The fraction of sp³-hybridized carbons (Fsp3) is 0.500. The topological polar surface area (TPSA) is 75.4 Å². The number of fused-ring (bicyclic) bond motifs is 1. The van der Waals surface area contributed by atoms with Crippen LogP contribution in [0.2, 0.25) is 0 Å². The van der Waals surface area contributed by atoms with Gasteiger partial charge in [-0.15, -0.1) is 0 Å². The van der Waals surface area contributed by atoms with Gasteiger partial charge < -0.3 is 11.1 Å². The molecule has 114 valence electrons. The number of carbonyl (C=O) groups is 2. The smallest absolute Gasteiger partial charge is 0.235 e. The van der Waals surface area contributed by atoms with E-state index in [9.17, 15) is 9.59 Å². The quantitative estimate of drug-likeness (QED) is 0.761. The first-order valence-electron chi connectivity index (χ1n) is 7.48. The van der Waals surface area contributed by atoms with E-state index in [0.29, 0.717) is 19.5 Å². The molecule has 0 aliphatic carbocycles.